The standard InChI is InChI=1S/C19H19BrIN3O2/c1-25-16-8-15-17-14(18(16)26-2)7-13(9-21)24(19(17)23-10-22-15)12-5-3-4-11(20)6-12/h3-6,8,10,13,19H,7,9H2,1-2H3,(H,22,23). The highest BCUT2D eigenvalue weighted by molar-refractivity contribution is 14.1. The summed E-state index contributed by atoms with van der Waals surface area (Å²) in [6.07, 6.45) is 2.58. The minimum absolute atomic E-state index is 0.0797. The Morgan fingerprint density at radius 2 is 2.15 bits per heavy atom. The maximum absolute atomic E-state index is 5.73. The summed E-state index contributed by atoms with van der Waals surface area (Å²) in [4.78, 5) is 7.20. The topological polar surface area (TPSA) is 46.1 Å². The van der Waals surface area contributed by atoms with Crippen LogP contribution in [-0.2, 0) is 6.42 Å². The summed E-state index contributed by atoms with van der Waals surface area (Å²) in [7, 11) is 3.38. The lowest BCUT2D eigenvalue weighted by Crippen LogP contribution is -2.46. The molecule has 0 fully saturated rings. The monoisotopic (exact) mass is 527 g/mol. The van der Waals surface area contributed by atoms with Gasteiger partial charge in [-0.25, -0.2) is 4.99 Å². The smallest absolute Gasteiger partial charge is 0.164 e. The first-order valence-corrected chi connectivity index (χ1v) is 10.7. The number of ether oxygens (including phenoxy) is 2. The number of nitrogens with zero attached hydrogens (tertiary/aromatic N) is 2. The van der Waals surface area contributed by atoms with Crippen molar-refractivity contribution in [2.24, 2.45) is 4.99 Å². The molecular weight excluding hydrogens is 509 g/mol. The third-order valence-corrected chi connectivity index (χ3v) is 6.40. The van der Waals surface area contributed by atoms with Crippen LogP contribution in [0.15, 0.2) is 39.8 Å². The van der Waals surface area contributed by atoms with Crippen LogP contribution in [0.1, 0.15) is 17.3 Å². The summed E-state index contributed by atoms with van der Waals surface area (Å²) in [6, 6.07) is 10.7. The van der Waals surface area contributed by atoms with Gasteiger partial charge in [0.25, 0.3) is 0 Å². The first-order chi connectivity index (χ1) is 12.7. The molecule has 0 saturated heterocycles. The molecule has 2 heterocycles. The van der Waals surface area contributed by atoms with Crippen molar-refractivity contribution in [2.45, 2.75) is 18.6 Å². The molecule has 0 saturated carbocycles. The number of rotatable bonds is 4. The van der Waals surface area contributed by atoms with Crippen LogP contribution in [0.4, 0.5) is 11.4 Å². The summed E-state index contributed by atoms with van der Waals surface area (Å²) in [6.45, 7) is 0. The molecule has 1 N–H and O–H groups in total. The zero-order valence-electron chi connectivity index (χ0n) is 14.5. The van der Waals surface area contributed by atoms with Crippen molar-refractivity contribution in [3.63, 3.8) is 0 Å². The second-order valence-electron chi connectivity index (χ2n) is 6.25. The number of nitrogens with one attached hydrogen (secondary N) is 1. The van der Waals surface area contributed by atoms with E-state index >= 15 is 0 Å². The minimum atomic E-state index is -0.0797. The van der Waals surface area contributed by atoms with E-state index in [1.165, 1.54) is 11.1 Å². The number of aliphatic imine (C=N–C) groups is 1. The molecule has 0 amide bonds. The summed E-state index contributed by atoms with van der Waals surface area (Å²) < 4.78 is 13.3. The van der Waals surface area contributed by atoms with E-state index in [9.17, 15) is 0 Å². The third kappa shape index (κ3) is 2.85. The Morgan fingerprint density at radius 3 is 2.85 bits per heavy atom. The highest BCUT2D eigenvalue weighted by atomic mass is 127. The van der Waals surface area contributed by atoms with Gasteiger partial charge in [0.2, 0.25) is 0 Å². The fourth-order valence-electron chi connectivity index (χ4n) is 3.81. The Morgan fingerprint density at radius 1 is 1.31 bits per heavy atom. The van der Waals surface area contributed by atoms with Crippen molar-refractivity contribution < 1.29 is 9.47 Å². The van der Waals surface area contributed by atoms with Crippen molar-refractivity contribution in [2.75, 3.05) is 28.9 Å². The molecule has 0 bridgehead atoms. The molecule has 2 aliphatic rings. The van der Waals surface area contributed by atoms with E-state index in [4.69, 9.17) is 14.5 Å². The average molecular weight is 528 g/mol. The molecule has 2 aromatic rings. The molecule has 0 spiro atoms. The first kappa shape index (κ1) is 17.9. The van der Waals surface area contributed by atoms with Gasteiger partial charge in [-0.3, -0.25) is 0 Å². The van der Waals surface area contributed by atoms with Gasteiger partial charge in [-0.05, 0) is 24.6 Å². The minimum Gasteiger partial charge on any atom is -0.493 e. The van der Waals surface area contributed by atoms with E-state index in [0.29, 0.717) is 6.04 Å². The molecule has 0 aromatic heterocycles. The lowest BCUT2D eigenvalue weighted by atomic mass is 9.88. The van der Waals surface area contributed by atoms with Crippen molar-refractivity contribution >= 4 is 56.2 Å². The fraction of sp³-hybridized carbons (Fsp3) is 0.316. The van der Waals surface area contributed by atoms with Crippen molar-refractivity contribution in [1.82, 2.24) is 0 Å². The molecule has 2 unspecified atom stereocenters. The van der Waals surface area contributed by atoms with Gasteiger partial charge in [-0.2, -0.15) is 0 Å². The number of benzene rings is 2. The lowest BCUT2D eigenvalue weighted by molar-refractivity contribution is 0.347. The van der Waals surface area contributed by atoms with Crippen LogP contribution in [0, 0.1) is 0 Å². The molecule has 2 aromatic carbocycles. The van der Waals surface area contributed by atoms with Crippen LogP contribution in [0.5, 0.6) is 11.5 Å². The second-order valence-corrected chi connectivity index (χ2v) is 8.04. The number of hydrogen-bond acceptors (Lipinski definition) is 5. The average Bonchev–Trinajstić information content (AvgIpc) is 2.67. The van der Waals surface area contributed by atoms with Crippen molar-refractivity contribution in [1.29, 1.82) is 0 Å². The predicted octanol–water partition coefficient (Wildman–Crippen LogP) is 4.79. The van der Waals surface area contributed by atoms with Crippen LogP contribution in [-0.4, -0.2) is 31.0 Å². The Balaban J connectivity index is 1.92. The molecule has 26 heavy (non-hydrogen) atoms. The van der Waals surface area contributed by atoms with Crippen LogP contribution in [0.3, 0.4) is 0 Å². The number of anilines is 2. The van der Waals surface area contributed by atoms with Gasteiger partial charge in [-0.15, -0.1) is 0 Å². The zero-order chi connectivity index (χ0) is 18.3. The van der Waals surface area contributed by atoms with Gasteiger partial charge in [0.1, 0.15) is 0 Å². The van der Waals surface area contributed by atoms with E-state index in [2.05, 4.69) is 66.9 Å². The normalized spacial score (nSPS) is 20.4. The molecule has 2 atom stereocenters. The first-order valence-electron chi connectivity index (χ1n) is 8.33. The molecular formula is C19H19BrIN3O2. The van der Waals surface area contributed by atoms with Gasteiger partial charge in [0, 0.05) is 37.8 Å². The molecule has 136 valence electrons. The highest BCUT2D eigenvalue weighted by Crippen LogP contribution is 2.49. The Labute approximate surface area is 175 Å². The Hall–Kier alpha value is -1.48. The lowest BCUT2D eigenvalue weighted by Gasteiger charge is -2.44. The summed E-state index contributed by atoms with van der Waals surface area (Å²) in [5.74, 6) is 1.57. The van der Waals surface area contributed by atoms with Gasteiger partial charge >= 0.3 is 0 Å². The quantitative estimate of drug-likeness (QED) is 0.459. The van der Waals surface area contributed by atoms with Crippen LogP contribution in [0.25, 0.3) is 0 Å². The summed E-state index contributed by atoms with van der Waals surface area (Å²) in [5, 5.41) is 3.28. The molecule has 5 nitrogen and oxygen atoms in total. The maximum atomic E-state index is 5.73. The summed E-state index contributed by atoms with van der Waals surface area (Å²) >= 11 is 6.06. The Kier molecular flexibility index (Phi) is 5.00. The number of halogens is 2. The molecule has 2 aliphatic heterocycles. The van der Waals surface area contributed by atoms with Crippen LogP contribution < -0.4 is 19.7 Å². The maximum Gasteiger partial charge on any atom is 0.164 e. The van der Waals surface area contributed by atoms with Gasteiger partial charge in [-0.1, -0.05) is 44.6 Å². The highest BCUT2D eigenvalue weighted by Gasteiger charge is 2.39. The largest absolute Gasteiger partial charge is 0.493 e. The van der Waals surface area contributed by atoms with E-state index in [1.54, 1.807) is 20.6 Å². The SMILES string of the molecule is COc1cc2c3c(c1OC)CC(CI)N(c1cccc(Br)c1)C3N=CN2. The van der Waals surface area contributed by atoms with Gasteiger partial charge < -0.3 is 19.7 Å². The second kappa shape index (κ2) is 7.26. The van der Waals surface area contributed by atoms with E-state index in [1.807, 2.05) is 12.1 Å². The molecule has 7 heteroatoms. The van der Waals surface area contributed by atoms with Crippen LogP contribution in [0.2, 0.25) is 0 Å². The fourth-order valence-corrected chi connectivity index (χ4v) is 4.94. The predicted molar refractivity (Wildman–Crippen MR) is 117 cm³/mol. The van der Waals surface area contributed by atoms with E-state index in [0.717, 1.165) is 38.2 Å². The molecule has 4 rings (SSSR count). The van der Waals surface area contributed by atoms with Crippen molar-refractivity contribution in [3.05, 3.63) is 45.9 Å². The van der Waals surface area contributed by atoms with E-state index < -0.39 is 0 Å². The Bertz CT molecular complexity index is 874. The van der Waals surface area contributed by atoms with Crippen molar-refractivity contribution in [3.8, 4) is 11.5 Å². The number of alkyl halides is 1. The molecule has 0 aliphatic carbocycles. The molecule has 0 radical (unpaired) electrons. The van der Waals surface area contributed by atoms with Crippen LogP contribution >= 0.6 is 38.5 Å². The van der Waals surface area contributed by atoms with E-state index in [-0.39, 0.29) is 6.17 Å². The zero-order valence-corrected chi connectivity index (χ0v) is 18.2. The van der Waals surface area contributed by atoms with Gasteiger partial charge in [0.05, 0.1) is 26.2 Å². The third-order valence-electron chi connectivity index (χ3n) is 4.89. The summed E-state index contributed by atoms with van der Waals surface area (Å²) in [5.41, 5.74) is 4.55. The number of methoxy groups -OCH3 is 2. The number of hydrogen-bond donors (Lipinski definition) is 1. The van der Waals surface area contributed by atoms with Gasteiger partial charge in [0.15, 0.2) is 17.7 Å².